The Morgan fingerprint density at radius 1 is 1.53 bits per heavy atom. The van der Waals surface area contributed by atoms with Gasteiger partial charge in [0.05, 0.1) is 5.56 Å². The molecule has 0 amide bonds. The minimum Gasteiger partial charge on any atom is -0.481 e. The molecule has 0 N–H and O–H groups in total. The maximum atomic E-state index is 13.3. The van der Waals surface area contributed by atoms with E-state index in [1.165, 1.54) is 19.1 Å². The van der Waals surface area contributed by atoms with Crippen molar-refractivity contribution in [2.75, 3.05) is 0 Å². The average molecular weight is 328 g/mol. The second-order valence-electron chi connectivity index (χ2n) is 3.59. The van der Waals surface area contributed by atoms with Crippen LogP contribution in [0.2, 0.25) is 0 Å². The lowest BCUT2D eigenvalue weighted by molar-refractivity contribution is -0.117. The Kier molecular flexibility index (Phi) is 4.49. The first-order valence-corrected chi connectivity index (χ1v) is 5.92. The number of hydrogen-bond donors (Lipinski definition) is 0. The van der Waals surface area contributed by atoms with Crippen molar-refractivity contribution in [3.8, 4) is 5.75 Å². The van der Waals surface area contributed by atoms with Crippen molar-refractivity contribution < 1.29 is 18.3 Å². The molecule has 1 aromatic rings. The number of rotatable bonds is 4. The fourth-order valence-corrected chi connectivity index (χ4v) is 1.59. The number of alkyl halides is 2. The summed E-state index contributed by atoms with van der Waals surface area (Å²) in [5.74, 6) is -3.11. The van der Waals surface area contributed by atoms with Crippen molar-refractivity contribution in [3.63, 3.8) is 0 Å². The van der Waals surface area contributed by atoms with E-state index in [2.05, 4.69) is 15.9 Å². The number of benzene rings is 1. The Morgan fingerprint density at radius 2 is 2.12 bits per heavy atom. The maximum Gasteiger partial charge on any atom is 0.274 e. The molecule has 1 unspecified atom stereocenters. The fraction of sp³-hybridized carbons (Fsp3) is 0.364. The van der Waals surface area contributed by atoms with E-state index in [4.69, 9.17) is 16.3 Å². The molecule has 0 spiro atoms. The second-order valence-corrected chi connectivity index (χ2v) is 4.88. The van der Waals surface area contributed by atoms with Gasteiger partial charge in [-0.3, -0.25) is 4.79 Å². The minimum absolute atomic E-state index is 0.0535. The summed E-state index contributed by atoms with van der Waals surface area (Å²) in [5.41, 5.74) is -0.295. The van der Waals surface area contributed by atoms with Gasteiger partial charge in [-0.2, -0.15) is 0 Å². The molecule has 0 aliphatic rings. The molecular weight excluding hydrogens is 317 g/mol. The Balaban J connectivity index is 3.11. The van der Waals surface area contributed by atoms with E-state index in [-0.39, 0.29) is 11.3 Å². The van der Waals surface area contributed by atoms with Crippen LogP contribution in [0.4, 0.5) is 8.78 Å². The van der Waals surface area contributed by atoms with Crippen LogP contribution in [-0.4, -0.2) is 11.3 Å². The molecule has 0 aliphatic heterocycles. The number of carbonyl (C=O) groups is 1. The quantitative estimate of drug-likeness (QED) is 0.779. The second kappa shape index (κ2) is 5.31. The maximum absolute atomic E-state index is 13.3. The van der Waals surface area contributed by atoms with Crippen molar-refractivity contribution in [2.24, 2.45) is 0 Å². The SMILES string of the molecule is CC(Oc1ccc(Br)cc1C(C)(F)F)C(=O)Cl. The van der Waals surface area contributed by atoms with Crippen LogP contribution < -0.4 is 4.74 Å². The Bertz CT molecular complexity index is 432. The molecule has 1 aromatic carbocycles. The van der Waals surface area contributed by atoms with Crippen LogP contribution in [0.15, 0.2) is 22.7 Å². The van der Waals surface area contributed by atoms with Gasteiger partial charge in [0.25, 0.3) is 11.2 Å². The van der Waals surface area contributed by atoms with Gasteiger partial charge in [-0.05, 0) is 36.7 Å². The number of hydrogen-bond acceptors (Lipinski definition) is 2. The zero-order chi connectivity index (χ0) is 13.2. The molecule has 6 heteroatoms. The highest BCUT2D eigenvalue weighted by atomic mass is 79.9. The first-order valence-electron chi connectivity index (χ1n) is 4.75. The average Bonchev–Trinajstić information content (AvgIpc) is 2.18. The van der Waals surface area contributed by atoms with Crippen molar-refractivity contribution in [1.29, 1.82) is 0 Å². The number of carbonyl (C=O) groups excluding carboxylic acids is 1. The summed E-state index contributed by atoms with van der Waals surface area (Å²) in [5, 5.41) is -0.738. The highest BCUT2D eigenvalue weighted by Crippen LogP contribution is 2.36. The predicted molar refractivity (Wildman–Crippen MR) is 64.7 cm³/mol. The largest absolute Gasteiger partial charge is 0.481 e. The Hall–Kier alpha value is -0.680. The van der Waals surface area contributed by atoms with Gasteiger partial charge in [-0.1, -0.05) is 15.9 Å². The topological polar surface area (TPSA) is 26.3 Å². The molecule has 1 atom stereocenters. The summed E-state index contributed by atoms with van der Waals surface area (Å²) in [4.78, 5) is 10.8. The van der Waals surface area contributed by atoms with Crippen LogP contribution in [0.25, 0.3) is 0 Å². The molecule has 0 bridgehead atoms. The molecule has 0 fully saturated rings. The van der Waals surface area contributed by atoms with Gasteiger partial charge in [-0.15, -0.1) is 0 Å². The van der Waals surface area contributed by atoms with E-state index in [9.17, 15) is 13.6 Å². The van der Waals surface area contributed by atoms with Crippen molar-refractivity contribution in [2.45, 2.75) is 25.9 Å². The number of halogens is 4. The molecule has 0 aliphatic carbocycles. The summed E-state index contributed by atoms with van der Waals surface area (Å²) in [6, 6.07) is 4.17. The van der Waals surface area contributed by atoms with Crippen LogP contribution >= 0.6 is 27.5 Å². The standard InChI is InChI=1S/C11H10BrClF2O2/c1-6(10(13)16)17-9-4-3-7(12)5-8(9)11(2,14)15/h3-6H,1-2H3. The molecule has 17 heavy (non-hydrogen) atoms. The smallest absolute Gasteiger partial charge is 0.274 e. The Morgan fingerprint density at radius 3 is 2.59 bits per heavy atom. The summed E-state index contributed by atoms with van der Waals surface area (Å²) in [6.45, 7) is 2.16. The summed E-state index contributed by atoms with van der Waals surface area (Å²) >= 11 is 8.32. The van der Waals surface area contributed by atoms with Crippen LogP contribution in [0.3, 0.4) is 0 Å². The van der Waals surface area contributed by atoms with E-state index in [1.807, 2.05) is 0 Å². The summed E-state index contributed by atoms with van der Waals surface area (Å²) < 4.78 is 32.3. The van der Waals surface area contributed by atoms with Crippen molar-refractivity contribution in [3.05, 3.63) is 28.2 Å². The van der Waals surface area contributed by atoms with E-state index in [0.29, 0.717) is 4.47 Å². The normalized spacial score (nSPS) is 13.3. The molecule has 0 heterocycles. The third-order valence-electron chi connectivity index (χ3n) is 2.04. The molecule has 0 radical (unpaired) electrons. The van der Waals surface area contributed by atoms with E-state index in [1.54, 1.807) is 6.07 Å². The van der Waals surface area contributed by atoms with E-state index >= 15 is 0 Å². The van der Waals surface area contributed by atoms with E-state index in [0.717, 1.165) is 6.92 Å². The third kappa shape index (κ3) is 3.92. The van der Waals surface area contributed by atoms with Crippen LogP contribution in [-0.2, 0) is 10.7 Å². The lowest BCUT2D eigenvalue weighted by Crippen LogP contribution is -2.21. The van der Waals surface area contributed by atoms with Crippen molar-refractivity contribution in [1.82, 2.24) is 0 Å². The van der Waals surface area contributed by atoms with Gasteiger partial charge in [0.1, 0.15) is 5.75 Å². The van der Waals surface area contributed by atoms with Crippen LogP contribution in [0, 0.1) is 0 Å². The van der Waals surface area contributed by atoms with Gasteiger partial charge < -0.3 is 4.74 Å². The zero-order valence-electron chi connectivity index (χ0n) is 9.14. The molecule has 1 rings (SSSR count). The highest BCUT2D eigenvalue weighted by Gasteiger charge is 2.30. The lowest BCUT2D eigenvalue weighted by atomic mass is 10.1. The lowest BCUT2D eigenvalue weighted by Gasteiger charge is -2.18. The molecule has 0 saturated carbocycles. The molecule has 2 nitrogen and oxygen atoms in total. The monoisotopic (exact) mass is 326 g/mol. The van der Waals surface area contributed by atoms with Gasteiger partial charge in [0, 0.05) is 11.4 Å². The van der Waals surface area contributed by atoms with Gasteiger partial charge in [0.2, 0.25) is 0 Å². The third-order valence-corrected chi connectivity index (χ3v) is 2.84. The molecule has 0 aromatic heterocycles. The van der Waals surface area contributed by atoms with E-state index < -0.39 is 17.3 Å². The van der Waals surface area contributed by atoms with Crippen LogP contribution in [0.1, 0.15) is 19.4 Å². The first kappa shape index (κ1) is 14.4. The van der Waals surface area contributed by atoms with Gasteiger partial charge in [0.15, 0.2) is 6.10 Å². The molecule has 94 valence electrons. The number of ether oxygens (including phenoxy) is 1. The summed E-state index contributed by atoms with van der Waals surface area (Å²) in [6.07, 6.45) is -0.973. The highest BCUT2D eigenvalue weighted by molar-refractivity contribution is 9.10. The van der Waals surface area contributed by atoms with Gasteiger partial charge in [-0.25, -0.2) is 8.78 Å². The molecule has 0 saturated heterocycles. The van der Waals surface area contributed by atoms with Gasteiger partial charge >= 0.3 is 0 Å². The summed E-state index contributed by atoms with van der Waals surface area (Å²) in [7, 11) is 0. The fourth-order valence-electron chi connectivity index (χ4n) is 1.18. The van der Waals surface area contributed by atoms with Crippen molar-refractivity contribution >= 4 is 32.8 Å². The predicted octanol–water partition coefficient (Wildman–Crippen LogP) is 4.09. The molecular formula is C11H10BrClF2O2. The zero-order valence-corrected chi connectivity index (χ0v) is 11.5. The Labute approximate surface area is 111 Å². The first-order chi connectivity index (χ1) is 7.71. The van der Waals surface area contributed by atoms with Crippen LogP contribution in [0.5, 0.6) is 5.75 Å². The minimum atomic E-state index is -3.06.